The summed E-state index contributed by atoms with van der Waals surface area (Å²) < 4.78 is 43.7. The van der Waals surface area contributed by atoms with Gasteiger partial charge < -0.3 is 19.1 Å². The standard InChI is InChI=1S/C27H31F3N6O3/c1-18-8-6-10-21-24(18)36(20-9-4-5-15-35(17-20)23(37)11-7-14-34(2)3)26(32-21)33-25(38)19-12-13-31-22(16-19)39-27(28,29)30/h6-8,10-13,16,20H,4-5,9,14-15,17H2,1-3H3,(H,32,33,38)/b11-7+. The van der Waals surface area contributed by atoms with E-state index in [1.54, 1.807) is 6.08 Å². The van der Waals surface area contributed by atoms with Gasteiger partial charge in [0.1, 0.15) is 0 Å². The highest BCUT2D eigenvalue weighted by Crippen LogP contribution is 2.32. The van der Waals surface area contributed by atoms with Crippen LogP contribution < -0.4 is 10.1 Å². The molecule has 9 nitrogen and oxygen atoms in total. The maximum atomic E-state index is 13.1. The minimum absolute atomic E-state index is 0.0664. The third-order valence-electron chi connectivity index (χ3n) is 6.41. The highest BCUT2D eigenvalue weighted by atomic mass is 19.4. The Kier molecular flexibility index (Phi) is 8.54. The summed E-state index contributed by atoms with van der Waals surface area (Å²) in [5, 5.41) is 2.77. The zero-order chi connectivity index (χ0) is 28.2. The molecule has 1 saturated heterocycles. The van der Waals surface area contributed by atoms with Crippen molar-refractivity contribution >= 4 is 28.8 Å². The van der Waals surface area contributed by atoms with Crippen LogP contribution in [0.4, 0.5) is 19.1 Å². The molecule has 0 spiro atoms. The Labute approximate surface area is 224 Å². The first-order chi connectivity index (χ1) is 18.5. The summed E-state index contributed by atoms with van der Waals surface area (Å²) in [6.45, 7) is 3.63. The number of aromatic nitrogens is 3. The van der Waals surface area contributed by atoms with Gasteiger partial charge in [-0.3, -0.25) is 14.9 Å². The van der Waals surface area contributed by atoms with Crippen molar-refractivity contribution in [1.82, 2.24) is 24.3 Å². The number of likely N-dealkylation sites (tertiary alicyclic amines) is 1. The molecular formula is C27H31F3N6O3. The number of amides is 2. The van der Waals surface area contributed by atoms with Crippen LogP contribution in [0, 0.1) is 6.92 Å². The van der Waals surface area contributed by atoms with Crippen molar-refractivity contribution in [2.24, 2.45) is 0 Å². The molecule has 1 aromatic carbocycles. The second-order valence-electron chi connectivity index (χ2n) is 9.73. The molecule has 208 valence electrons. The van der Waals surface area contributed by atoms with Crippen LogP contribution in [0.1, 0.15) is 41.2 Å². The number of aryl methyl sites for hydroxylation is 1. The highest BCUT2D eigenvalue weighted by molar-refractivity contribution is 6.04. The predicted molar refractivity (Wildman–Crippen MR) is 141 cm³/mol. The SMILES string of the molecule is Cc1cccc2nc(NC(=O)c3ccnc(OC(F)(F)F)c3)n(C3CCCCN(C(=O)/C=C/CN(C)C)C3)c12. The van der Waals surface area contributed by atoms with E-state index in [0.29, 0.717) is 25.2 Å². The van der Waals surface area contributed by atoms with Gasteiger partial charge >= 0.3 is 6.36 Å². The number of benzene rings is 1. The average Bonchev–Trinajstić information content (AvgIpc) is 3.05. The van der Waals surface area contributed by atoms with E-state index in [-0.39, 0.29) is 23.5 Å². The van der Waals surface area contributed by atoms with Crippen molar-refractivity contribution in [3.8, 4) is 5.88 Å². The van der Waals surface area contributed by atoms with E-state index in [0.717, 1.165) is 42.6 Å². The summed E-state index contributed by atoms with van der Waals surface area (Å²) in [4.78, 5) is 38.1. The number of nitrogens with zero attached hydrogens (tertiary/aromatic N) is 5. The number of carbonyl (C=O) groups is 2. The Morgan fingerprint density at radius 2 is 2.03 bits per heavy atom. The number of imidazole rings is 1. The summed E-state index contributed by atoms with van der Waals surface area (Å²) in [5.41, 5.74) is 2.36. The molecule has 4 rings (SSSR count). The zero-order valence-electron chi connectivity index (χ0n) is 22.0. The summed E-state index contributed by atoms with van der Waals surface area (Å²) in [5.74, 6) is -1.22. The lowest BCUT2D eigenvalue weighted by atomic mass is 10.1. The molecule has 0 saturated carbocycles. The van der Waals surface area contributed by atoms with E-state index in [2.05, 4.69) is 20.0 Å². The van der Waals surface area contributed by atoms with Gasteiger partial charge in [0.05, 0.1) is 17.1 Å². The number of pyridine rings is 1. The fourth-order valence-electron chi connectivity index (χ4n) is 4.66. The average molecular weight is 545 g/mol. The van der Waals surface area contributed by atoms with Gasteiger partial charge in [-0.25, -0.2) is 9.97 Å². The molecule has 1 unspecified atom stereocenters. The predicted octanol–water partition coefficient (Wildman–Crippen LogP) is 4.56. The monoisotopic (exact) mass is 544 g/mol. The topological polar surface area (TPSA) is 92.6 Å². The molecule has 12 heteroatoms. The van der Waals surface area contributed by atoms with Crippen LogP contribution in [0.3, 0.4) is 0 Å². The molecule has 1 N–H and O–H groups in total. The van der Waals surface area contributed by atoms with Gasteiger partial charge in [0.25, 0.3) is 5.91 Å². The Morgan fingerprint density at radius 3 is 2.77 bits per heavy atom. The van der Waals surface area contributed by atoms with Crippen molar-refractivity contribution in [2.45, 2.75) is 38.6 Å². The smallest absolute Gasteiger partial charge is 0.388 e. The number of carbonyl (C=O) groups excluding carboxylic acids is 2. The third-order valence-corrected chi connectivity index (χ3v) is 6.41. The van der Waals surface area contributed by atoms with Crippen molar-refractivity contribution in [2.75, 3.05) is 39.0 Å². The lowest BCUT2D eigenvalue weighted by molar-refractivity contribution is -0.276. The normalized spacial score (nSPS) is 16.6. The quantitative estimate of drug-likeness (QED) is 0.439. The second kappa shape index (κ2) is 11.9. The molecule has 0 radical (unpaired) electrons. The van der Waals surface area contributed by atoms with E-state index in [1.807, 2.05) is 59.7 Å². The van der Waals surface area contributed by atoms with Gasteiger partial charge in [0, 0.05) is 43.5 Å². The highest BCUT2D eigenvalue weighted by Gasteiger charge is 2.32. The Morgan fingerprint density at radius 1 is 1.23 bits per heavy atom. The van der Waals surface area contributed by atoms with Crippen LogP contribution in [-0.2, 0) is 4.79 Å². The molecular weight excluding hydrogens is 513 g/mol. The van der Waals surface area contributed by atoms with Crippen LogP contribution in [0.5, 0.6) is 5.88 Å². The largest absolute Gasteiger partial charge is 0.574 e. The van der Waals surface area contributed by atoms with Crippen LogP contribution in [-0.4, -0.2) is 76.2 Å². The first-order valence-electron chi connectivity index (χ1n) is 12.6. The minimum atomic E-state index is -4.93. The van der Waals surface area contributed by atoms with Gasteiger partial charge in [-0.2, -0.15) is 0 Å². The van der Waals surface area contributed by atoms with Crippen LogP contribution in [0.2, 0.25) is 0 Å². The number of rotatable bonds is 7. The Balaban J connectivity index is 1.65. The summed E-state index contributed by atoms with van der Waals surface area (Å²) in [7, 11) is 3.85. The first kappa shape index (κ1) is 28.1. The molecule has 1 fully saturated rings. The fraction of sp³-hybridized carbons (Fsp3) is 0.407. The first-order valence-corrected chi connectivity index (χ1v) is 12.6. The minimum Gasteiger partial charge on any atom is -0.388 e. The number of halogens is 3. The van der Waals surface area contributed by atoms with Crippen LogP contribution in [0.15, 0.2) is 48.7 Å². The van der Waals surface area contributed by atoms with E-state index in [1.165, 1.54) is 6.07 Å². The zero-order valence-corrected chi connectivity index (χ0v) is 22.0. The van der Waals surface area contributed by atoms with Gasteiger partial charge in [-0.05, 0) is 58.0 Å². The van der Waals surface area contributed by atoms with Crippen molar-refractivity contribution in [3.05, 3.63) is 59.8 Å². The Bertz CT molecular complexity index is 1370. The van der Waals surface area contributed by atoms with Gasteiger partial charge in [-0.15, -0.1) is 13.2 Å². The number of anilines is 1. The summed E-state index contributed by atoms with van der Waals surface area (Å²) >= 11 is 0. The van der Waals surface area contributed by atoms with E-state index >= 15 is 0 Å². The van der Waals surface area contributed by atoms with Gasteiger partial charge in [-0.1, -0.05) is 18.2 Å². The molecule has 1 aliphatic rings. The molecule has 0 aliphatic carbocycles. The molecule has 3 aromatic rings. The Hall–Kier alpha value is -3.93. The number of nitrogens with one attached hydrogen (secondary N) is 1. The number of likely N-dealkylation sites (N-methyl/N-ethyl adjacent to an activating group) is 1. The van der Waals surface area contributed by atoms with E-state index in [9.17, 15) is 22.8 Å². The van der Waals surface area contributed by atoms with Crippen molar-refractivity contribution in [3.63, 3.8) is 0 Å². The fourth-order valence-corrected chi connectivity index (χ4v) is 4.66. The number of hydrogen-bond acceptors (Lipinski definition) is 6. The molecule has 1 atom stereocenters. The van der Waals surface area contributed by atoms with Crippen molar-refractivity contribution < 1.29 is 27.5 Å². The van der Waals surface area contributed by atoms with Crippen LogP contribution >= 0.6 is 0 Å². The number of fused-ring (bicyclic) bond motifs is 1. The second-order valence-corrected chi connectivity index (χ2v) is 9.73. The van der Waals surface area contributed by atoms with E-state index < -0.39 is 18.1 Å². The number of para-hydroxylation sites is 1. The van der Waals surface area contributed by atoms with Gasteiger partial charge in [0.15, 0.2) is 0 Å². The number of ether oxygens (including phenoxy) is 1. The lowest BCUT2D eigenvalue weighted by Crippen LogP contribution is -2.35. The summed E-state index contributed by atoms with van der Waals surface area (Å²) in [6, 6.07) is 7.68. The van der Waals surface area contributed by atoms with Crippen molar-refractivity contribution in [1.29, 1.82) is 0 Å². The molecule has 2 aromatic heterocycles. The van der Waals surface area contributed by atoms with E-state index in [4.69, 9.17) is 0 Å². The maximum absolute atomic E-state index is 13.1. The number of alkyl halides is 3. The third kappa shape index (κ3) is 7.14. The molecule has 0 bridgehead atoms. The molecule has 39 heavy (non-hydrogen) atoms. The molecule has 2 amide bonds. The molecule has 1 aliphatic heterocycles. The lowest BCUT2D eigenvalue weighted by Gasteiger charge is -2.26. The van der Waals surface area contributed by atoms with Gasteiger partial charge in [0.2, 0.25) is 17.7 Å². The molecule has 3 heterocycles. The maximum Gasteiger partial charge on any atom is 0.574 e. The summed E-state index contributed by atoms with van der Waals surface area (Å²) in [6.07, 6.45) is 2.03. The number of hydrogen-bond donors (Lipinski definition) is 1. The van der Waals surface area contributed by atoms with Crippen LogP contribution in [0.25, 0.3) is 11.0 Å².